The lowest BCUT2D eigenvalue weighted by molar-refractivity contribution is 0.315. The first-order chi connectivity index (χ1) is 13.2. The molecule has 0 saturated carbocycles. The van der Waals surface area contributed by atoms with Gasteiger partial charge in [-0.1, -0.05) is 30.7 Å². The van der Waals surface area contributed by atoms with Crippen molar-refractivity contribution in [1.29, 1.82) is 0 Å². The fourth-order valence-electron chi connectivity index (χ4n) is 2.84. The fourth-order valence-corrected chi connectivity index (χ4v) is 3.84. The highest BCUT2D eigenvalue weighted by molar-refractivity contribution is 7.09. The number of hydrogen-bond acceptors (Lipinski definition) is 6. The van der Waals surface area contributed by atoms with Gasteiger partial charge in [0.15, 0.2) is 5.96 Å². The molecule has 146 valence electrons. The predicted octanol–water partition coefficient (Wildman–Crippen LogP) is 2.53. The third-order valence-corrected chi connectivity index (χ3v) is 5.44. The van der Waals surface area contributed by atoms with Gasteiger partial charge in [0.1, 0.15) is 18.2 Å². The minimum Gasteiger partial charge on any atom is -0.490 e. The lowest BCUT2D eigenvalue weighted by atomic mass is 10.3. The number of rotatable bonds is 6. The Labute approximate surface area is 169 Å². The number of nitrogens with one attached hydrogen (secondary N) is 1. The third-order valence-electron chi connectivity index (χ3n) is 4.31. The van der Waals surface area contributed by atoms with E-state index in [2.05, 4.69) is 36.4 Å². The second kappa shape index (κ2) is 9.75. The summed E-state index contributed by atoms with van der Waals surface area (Å²) in [6.07, 6.45) is 0.878. The number of guanidine groups is 1. The molecule has 27 heavy (non-hydrogen) atoms. The van der Waals surface area contributed by atoms with E-state index in [9.17, 15) is 0 Å². The zero-order chi connectivity index (χ0) is 19.1. The van der Waals surface area contributed by atoms with Crippen molar-refractivity contribution in [3.63, 3.8) is 0 Å². The number of ether oxygens (including phenoxy) is 1. The third kappa shape index (κ3) is 5.23. The molecule has 0 bridgehead atoms. The summed E-state index contributed by atoms with van der Waals surface area (Å²) in [6.45, 7) is 6.87. The Bertz CT molecular complexity index is 760. The summed E-state index contributed by atoms with van der Waals surface area (Å²) in [5.74, 6) is 2.52. The number of aromatic nitrogens is 2. The Morgan fingerprint density at radius 3 is 2.74 bits per heavy atom. The number of para-hydroxylation sites is 1. The Morgan fingerprint density at radius 1 is 1.30 bits per heavy atom. The standard InChI is InChI=1S/C18H25ClN6OS/c1-3-16-22-18(27-23-16)25-11-9-24(10-12-25)17(20-2)21-8-13-26-15-7-5-4-6-14(15)19/h4-7H,3,8-13H2,1-2H3,(H,20,21). The number of aliphatic imine (C=N–C) groups is 1. The summed E-state index contributed by atoms with van der Waals surface area (Å²) in [5, 5.41) is 5.00. The van der Waals surface area contributed by atoms with Gasteiger partial charge in [0.2, 0.25) is 5.13 Å². The molecule has 1 aromatic heterocycles. The van der Waals surface area contributed by atoms with Crippen LogP contribution in [-0.2, 0) is 6.42 Å². The van der Waals surface area contributed by atoms with Gasteiger partial charge in [-0.15, -0.1) is 0 Å². The van der Waals surface area contributed by atoms with Crippen LogP contribution in [0.1, 0.15) is 12.7 Å². The van der Waals surface area contributed by atoms with Crippen LogP contribution in [0.2, 0.25) is 5.02 Å². The topological polar surface area (TPSA) is 65.9 Å². The molecule has 3 rings (SSSR count). The Hall–Kier alpha value is -2.06. The number of piperazine rings is 1. The number of anilines is 1. The largest absolute Gasteiger partial charge is 0.490 e. The van der Waals surface area contributed by atoms with Gasteiger partial charge in [-0.25, -0.2) is 4.98 Å². The molecular weight excluding hydrogens is 384 g/mol. The van der Waals surface area contributed by atoms with E-state index in [0.29, 0.717) is 23.9 Å². The van der Waals surface area contributed by atoms with E-state index in [1.807, 2.05) is 31.3 Å². The van der Waals surface area contributed by atoms with Crippen LogP contribution in [0.4, 0.5) is 5.13 Å². The maximum Gasteiger partial charge on any atom is 0.205 e. The lowest BCUT2D eigenvalue weighted by Crippen LogP contribution is -2.53. The molecule has 2 aromatic rings. The van der Waals surface area contributed by atoms with Crippen LogP contribution in [0.5, 0.6) is 5.75 Å². The van der Waals surface area contributed by atoms with E-state index in [-0.39, 0.29) is 0 Å². The molecule has 1 fully saturated rings. The minimum atomic E-state index is 0.521. The SMILES string of the molecule is CCc1nsc(N2CCN(C(=NC)NCCOc3ccccc3Cl)CC2)n1. The smallest absolute Gasteiger partial charge is 0.205 e. The van der Waals surface area contributed by atoms with E-state index in [4.69, 9.17) is 16.3 Å². The molecule has 0 unspecified atom stereocenters. The maximum atomic E-state index is 6.10. The molecule has 0 spiro atoms. The van der Waals surface area contributed by atoms with E-state index in [0.717, 1.165) is 49.5 Å². The van der Waals surface area contributed by atoms with Gasteiger partial charge in [-0.3, -0.25) is 4.99 Å². The molecule has 1 saturated heterocycles. The van der Waals surface area contributed by atoms with Crippen LogP contribution in [0.3, 0.4) is 0 Å². The van der Waals surface area contributed by atoms with E-state index in [1.165, 1.54) is 11.5 Å². The molecule has 0 atom stereocenters. The molecule has 1 aromatic carbocycles. The Balaban J connectivity index is 1.43. The van der Waals surface area contributed by atoms with Crippen molar-refractivity contribution in [3.05, 3.63) is 35.1 Å². The molecule has 1 aliphatic heterocycles. The average Bonchev–Trinajstić information content (AvgIpc) is 3.19. The van der Waals surface area contributed by atoms with Crippen LogP contribution in [0, 0.1) is 0 Å². The van der Waals surface area contributed by atoms with E-state index < -0.39 is 0 Å². The van der Waals surface area contributed by atoms with Crippen molar-refractivity contribution < 1.29 is 4.74 Å². The first kappa shape index (κ1) is 19.7. The summed E-state index contributed by atoms with van der Waals surface area (Å²) >= 11 is 7.58. The summed E-state index contributed by atoms with van der Waals surface area (Å²) in [4.78, 5) is 13.5. The highest BCUT2D eigenvalue weighted by Gasteiger charge is 2.21. The zero-order valence-corrected chi connectivity index (χ0v) is 17.3. The summed E-state index contributed by atoms with van der Waals surface area (Å²) in [7, 11) is 1.81. The number of aryl methyl sites for hydroxylation is 1. The van der Waals surface area contributed by atoms with Crippen molar-refractivity contribution in [2.75, 3.05) is 51.3 Å². The fraction of sp³-hybridized carbons (Fsp3) is 0.500. The second-order valence-corrected chi connectivity index (χ2v) is 7.21. The Morgan fingerprint density at radius 2 is 2.07 bits per heavy atom. The normalized spacial score (nSPS) is 15.1. The van der Waals surface area contributed by atoms with Gasteiger partial charge in [-0.2, -0.15) is 4.37 Å². The molecule has 0 amide bonds. The van der Waals surface area contributed by atoms with Gasteiger partial charge in [0.25, 0.3) is 0 Å². The Kier molecular flexibility index (Phi) is 7.11. The lowest BCUT2D eigenvalue weighted by Gasteiger charge is -2.36. The number of halogens is 1. The molecule has 0 aliphatic carbocycles. The van der Waals surface area contributed by atoms with Crippen LogP contribution in [0.25, 0.3) is 0 Å². The molecular formula is C18H25ClN6OS. The van der Waals surface area contributed by atoms with Crippen molar-refractivity contribution in [1.82, 2.24) is 19.6 Å². The van der Waals surface area contributed by atoms with Crippen molar-refractivity contribution in [2.24, 2.45) is 4.99 Å². The van der Waals surface area contributed by atoms with Crippen LogP contribution in [-0.4, -0.2) is 66.6 Å². The van der Waals surface area contributed by atoms with Gasteiger partial charge >= 0.3 is 0 Å². The highest BCUT2D eigenvalue weighted by Crippen LogP contribution is 2.22. The van der Waals surface area contributed by atoms with Gasteiger partial charge in [-0.05, 0) is 12.1 Å². The molecule has 1 N–H and O–H groups in total. The zero-order valence-electron chi connectivity index (χ0n) is 15.7. The van der Waals surface area contributed by atoms with Crippen LogP contribution < -0.4 is 15.0 Å². The van der Waals surface area contributed by atoms with Crippen molar-refractivity contribution in [2.45, 2.75) is 13.3 Å². The van der Waals surface area contributed by atoms with Crippen LogP contribution >= 0.6 is 23.1 Å². The first-order valence-electron chi connectivity index (χ1n) is 9.11. The monoisotopic (exact) mass is 408 g/mol. The molecule has 2 heterocycles. The van der Waals surface area contributed by atoms with Gasteiger partial charge < -0.3 is 19.9 Å². The molecule has 0 radical (unpaired) electrons. The molecule has 9 heteroatoms. The molecule has 1 aliphatic rings. The maximum absolute atomic E-state index is 6.10. The quantitative estimate of drug-likeness (QED) is 0.450. The molecule has 7 nitrogen and oxygen atoms in total. The van der Waals surface area contributed by atoms with Crippen LogP contribution in [0.15, 0.2) is 29.3 Å². The summed E-state index contributed by atoms with van der Waals surface area (Å²) < 4.78 is 10.1. The van der Waals surface area contributed by atoms with Crippen molar-refractivity contribution in [3.8, 4) is 5.75 Å². The predicted molar refractivity (Wildman–Crippen MR) is 111 cm³/mol. The van der Waals surface area contributed by atoms with Crippen molar-refractivity contribution >= 4 is 34.2 Å². The first-order valence-corrected chi connectivity index (χ1v) is 10.3. The number of nitrogens with zero attached hydrogens (tertiary/aromatic N) is 5. The van der Waals surface area contributed by atoms with Gasteiger partial charge in [0.05, 0.1) is 11.6 Å². The summed E-state index contributed by atoms with van der Waals surface area (Å²) in [5.41, 5.74) is 0. The average molecular weight is 409 g/mol. The highest BCUT2D eigenvalue weighted by atomic mass is 35.5. The number of hydrogen-bond donors (Lipinski definition) is 1. The summed E-state index contributed by atoms with van der Waals surface area (Å²) in [6, 6.07) is 7.49. The van der Waals surface area contributed by atoms with Gasteiger partial charge in [0, 0.05) is 51.2 Å². The van der Waals surface area contributed by atoms with E-state index in [1.54, 1.807) is 0 Å². The number of benzene rings is 1. The minimum absolute atomic E-state index is 0.521. The second-order valence-electron chi connectivity index (χ2n) is 6.07. The van der Waals surface area contributed by atoms with E-state index >= 15 is 0 Å².